The van der Waals surface area contributed by atoms with Crippen molar-refractivity contribution in [2.24, 2.45) is 4.99 Å². The zero-order valence-electron chi connectivity index (χ0n) is 18.8. The lowest BCUT2D eigenvalue weighted by molar-refractivity contribution is -0.141. The molecule has 172 valence electrons. The Morgan fingerprint density at radius 3 is 2.35 bits per heavy atom. The lowest BCUT2D eigenvalue weighted by Crippen LogP contribution is -2.22. The number of hydrogen-bond acceptors (Lipinski definition) is 5. The third-order valence-electron chi connectivity index (χ3n) is 5.17. The number of methoxy groups -OCH3 is 1. The minimum absolute atomic E-state index is 0.0852. The van der Waals surface area contributed by atoms with Crippen LogP contribution in [0.5, 0.6) is 0 Å². The molecule has 3 aromatic carbocycles. The first kappa shape index (κ1) is 23.1. The monoisotopic (exact) mass is 473 g/mol. The van der Waals surface area contributed by atoms with E-state index in [1.165, 1.54) is 30.9 Å². The van der Waals surface area contributed by atoms with Gasteiger partial charge in [0.15, 0.2) is 4.80 Å². The van der Waals surface area contributed by atoms with Crippen LogP contribution < -0.4 is 10.1 Å². The van der Waals surface area contributed by atoms with Gasteiger partial charge in [-0.3, -0.25) is 14.4 Å². The quantitative estimate of drug-likeness (QED) is 0.426. The third-order valence-corrected chi connectivity index (χ3v) is 6.21. The van der Waals surface area contributed by atoms with Crippen molar-refractivity contribution in [2.75, 3.05) is 12.4 Å². The van der Waals surface area contributed by atoms with Gasteiger partial charge in [-0.2, -0.15) is 4.99 Å². The average Bonchev–Trinajstić information content (AvgIpc) is 3.15. The minimum atomic E-state index is -0.454. The number of anilines is 1. The van der Waals surface area contributed by atoms with E-state index >= 15 is 0 Å². The number of carbonyl (C=O) groups is 3. The Hall–Kier alpha value is -4.04. The number of fused-ring (bicyclic) bond motifs is 1. The summed E-state index contributed by atoms with van der Waals surface area (Å²) in [7, 11) is 1.31. The molecule has 0 unspecified atom stereocenters. The van der Waals surface area contributed by atoms with Gasteiger partial charge in [0.05, 0.1) is 17.3 Å². The number of benzene rings is 3. The van der Waals surface area contributed by atoms with Gasteiger partial charge >= 0.3 is 5.97 Å². The molecule has 0 saturated heterocycles. The molecule has 0 aliphatic heterocycles. The fraction of sp³-hybridized carbons (Fsp3) is 0.154. The Balaban J connectivity index is 1.66. The van der Waals surface area contributed by atoms with Crippen LogP contribution in [0.15, 0.2) is 77.8 Å². The van der Waals surface area contributed by atoms with Gasteiger partial charge in [-0.1, -0.05) is 53.8 Å². The van der Waals surface area contributed by atoms with E-state index in [1.54, 1.807) is 34.9 Å². The molecular weight excluding hydrogens is 450 g/mol. The third kappa shape index (κ3) is 5.47. The maximum atomic E-state index is 12.9. The summed E-state index contributed by atoms with van der Waals surface area (Å²) in [6.45, 7) is 1.35. The molecule has 0 radical (unpaired) electrons. The van der Waals surface area contributed by atoms with E-state index in [-0.39, 0.29) is 12.5 Å². The number of ether oxygens (including phenoxy) is 1. The summed E-state index contributed by atoms with van der Waals surface area (Å²) in [6, 6.07) is 22.8. The second-order valence-corrected chi connectivity index (χ2v) is 8.70. The molecular formula is C26H23N3O4S. The van der Waals surface area contributed by atoms with Crippen LogP contribution in [-0.4, -0.2) is 29.5 Å². The van der Waals surface area contributed by atoms with E-state index in [9.17, 15) is 14.4 Å². The van der Waals surface area contributed by atoms with Crippen LogP contribution in [0.4, 0.5) is 5.69 Å². The highest BCUT2D eigenvalue weighted by atomic mass is 32.1. The van der Waals surface area contributed by atoms with Crippen LogP contribution in [0.3, 0.4) is 0 Å². The van der Waals surface area contributed by atoms with Crippen LogP contribution in [0.2, 0.25) is 0 Å². The van der Waals surface area contributed by atoms with Gasteiger partial charge in [0.2, 0.25) is 5.91 Å². The van der Waals surface area contributed by atoms with Crippen molar-refractivity contribution < 1.29 is 19.1 Å². The van der Waals surface area contributed by atoms with Crippen LogP contribution >= 0.6 is 11.3 Å². The molecule has 34 heavy (non-hydrogen) atoms. The van der Waals surface area contributed by atoms with Crippen molar-refractivity contribution in [2.45, 2.75) is 19.9 Å². The molecule has 0 aliphatic carbocycles. The van der Waals surface area contributed by atoms with Crippen molar-refractivity contribution in [3.63, 3.8) is 0 Å². The highest BCUT2D eigenvalue weighted by Gasteiger charge is 2.13. The smallest absolute Gasteiger partial charge is 0.325 e. The van der Waals surface area contributed by atoms with Crippen LogP contribution in [0.25, 0.3) is 10.2 Å². The molecule has 1 heterocycles. The number of nitrogens with one attached hydrogen (secondary N) is 1. The minimum Gasteiger partial charge on any atom is -0.468 e. The standard InChI is InChI=1S/C26H23N3O4S/c1-17(30)27-21-12-13-22-23(15-21)34-26(29(22)16-24(31)33-2)28-25(32)20-10-8-19(9-11-20)14-18-6-4-3-5-7-18/h3-13,15H,14,16H2,1-2H3,(H,27,30). The van der Waals surface area contributed by atoms with E-state index in [1.807, 2.05) is 30.3 Å². The number of rotatable bonds is 6. The molecule has 2 amide bonds. The Bertz CT molecular complexity index is 1420. The van der Waals surface area contributed by atoms with Crippen molar-refractivity contribution in [1.29, 1.82) is 0 Å². The Morgan fingerprint density at radius 2 is 1.68 bits per heavy atom. The fourth-order valence-corrected chi connectivity index (χ4v) is 4.60. The lowest BCUT2D eigenvalue weighted by atomic mass is 10.0. The molecule has 8 heteroatoms. The topological polar surface area (TPSA) is 89.8 Å². The van der Waals surface area contributed by atoms with E-state index < -0.39 is 11.9 Å². The summed E-state index contributed by atoms with van der Waals surface area (Å²) in [6.07, 6.45) is 0.776. The summed E-state index contributed by atoms with van der Waals surface area (Å²) in [5, 5.41) is 2.74. The van der Waals surface area contributed by atoms with E-state index in [0.717, 1.165) is 16.7 Å². The van der Waals surface area contributed by atoms with Crippen molar-refractivity contribution in [1.82, 2.24) is 4.57 Å². The van der Waals surface area contributed by atoms with Gasteiger partial charge in [0.25, 0.3) is 5.91 Å². The molecule has 0 aliphatic rings. The lowest BCUT2D eigenvalue weighted by Gasteiger charge is -2.05. The van der Waals surface area contributed by atoms with Crippen LogP contribution in [0, 0.1) is 0 Å². The first-order valence-electron chi connectivity index (χ1n) is 10.6. The van der Waals surface area contributed by atoms with Crippen molar-refractivity contribution in [3.05, 3.63) is 94.3 Å². The predicted octanol–water partition coefficient (Wildman–Crippen LogP) is 4.17. The Labute approximate surface area is 200 Å². The Kier molecular flexibility index (Phi) is 6.98. The van der Waals surface area contributed by atoms with Crippen LogP contribution in [0.1, 0.15) is 28.4 Å². The van der Waals surface area contributed by atoms with E-state index in [2.05, 4.69) is 22.4 Å². The summed E-state index contributed by atoms with van der Waals surface area (Å²) in [5.41, 5.74) is 4.08. The van der Waals surface area contributed by atoms with Gasteiger partial charge in [-0.25, -0.2) is 0 Å². The van der Waals surface area contributed by atoms with Gasteiger partial charge in [-0.05, 0) is 47.9 Å². The molecule has 1 N–H and O–H groups in total. The average molecular weight is 474 g/mol. The fourth-order valence-electron chi connectivity index (χ4n) is 3.53. The number of thiazole rings is 1. The van der Waals surface area contributed by atoms with Gasteiger partial charge in [-0.15, -0.1) is 0 Å². The molecule has 1 aromatic heterocycles. The number of amides is 2. The number of aromatic nitrogens is 1. The summed E-state index contributed by atoms with van der Waals surface area (Å²) in [4.78, 5) is 41.0. The number of esters is 1. The molecule has 0 atom stereocenters. The second-order valence-electron chi connectivity index (χ2n) is 7.69. The zero-order chi connectivity index (χ0) is 24.1. The van der Waals surface area contributed by atoms with Gasteiger partial charge < -0.3 is 14.6 Å². The molecule has 0 spiro atoms. The normalized spacial score (nSPS) is 11.4. The van der Waals surface area contributed by atoms with Gasteiger partial charge in [0.1, 0.15) is 6.54 Å². The largest absolute Gasteiger partial charge is 0.468 e. The maximum Gasteiger partial charge on any atom is 0.325 e. The number of hydrogen-bond donors (Lipinski definition) is 1. The van der Waals surface area contributed by atoms with Crippen molar-refractivity contribution >= 4 is 45.0 Å². The first-order chi connectivity index (χ1) is 16.4. The predicted molar refractivity (Wildman–Crippen MR) is 132 cm³/mol. The first-order valence-corrected chi connectivity index (χ1v) is 11.4. The summed E-state index contributed by atoms with van der Waals surface area (Å²) < 4.78 is 7.24. The number of nitrogens with zero attached hydrogens (tertiary/aromatic N) is 2. The highest BCUT2D eigenvalue weighted by Crippen LogP contribution is 2.22. The van der Waals surface area contributed by atoms with Crippen molar-refractivity contribution in [3.8, 4) is 0 Å². The summed E-state index contributed by atoms with van der Waals surface area (Å²) >= 11 is 1.26. The summed E-state index contributed by atoms with van der Waals surface area (Å²) in [5.74, 6) is -1.04. The molecule has 0 fully saturated rings. The number of carbonyl (C=O) groups excluding carboxylic acids is 3. The second kappa shape index (κ2) is 10.3. The molecule has 0 bridgehead atoms. The van der Waals surface area contributed by atoms with Gasteiger partial charge in [0, 0.05) is 18.2 Å². The van der Waals surface area contributed by atoms with E-state index in [0.29, 0.717) is 21.6 Å². The molecule has 4 aromatic rings. The van der Waals surface area contributed by atoms with Crippen LogP contribution in [-0.2, 0) is 27.3 Å². The molecule has 7 nitrogen and oxygen atoms in total. The highest BCUT2D eigenvalue weighted by molar-refractivity contribution is 7.16. The molecule has 0 saturated carbocycles. The van der Waals surface area contributed by atoms with E-state index in [4.69, 9.17) is 4.74 Å². The maximum absolute atomic E-state index is 12.9. The zero-order valence-corrected chi connectivity index (χ0v) is 19.6. The Morgan fingerprint density at radius 1 is 0.971 bits per heavy atom. The molecule has 4 rings (SSSR count). The SMILES string of the molecule is COC(=O)Cn1c(=NC(=O)c2ccc(Cc3ccccc3)cc2)sc2cc(NC(C)=O)ccc21.